The van der Waals surface area contributed by atoms with Crippen LogP contribution in [0.5, 0.6) is 0 Å². The first-order chi connectivity index (χ1) is 10.8. The van der Waals surface area contributed by atoms with Crippen molar-refractivity contribution in [3.8, 4) is 0 Å². The number of amides is 1. The van der Waals surface area contributed by atoms with E-state index in [-0.39, 0.29) is 5.91 Å². The summed E-state index contributed by atoms with van der Waals surface area (Å²) >= 11 is 0. The van der Waals surface area contributed by atoms with Crippen molar-refractivity contribution in [2.75, 3.05) is 39.4 Å². The van der Waals surface area contributed by atoms with Gasteiger partial charge in [-0.1, -0.05) is 18.2 Å². The maximum Gasteiger partial charge on any atom is 0.224 e. The lowest BCUT2D eigenvalue weighted by atomic mass is 10.1. The van der Waals surface area contributed by atoms with E-state index in [1.54, 1.807) is 0 Å². The number of ether oxygens (including phenoxy) is 1. The van der Waals surface area contributed by atoms with Gasteiger partial charge in [-0.05, 0) is 24.6 Å². The lowest BCUT2D eigenvalue weighted by Gasteiger charge is -2.26. The molecule has 22 heavy (non-hydrogen) atoms. The number of nitrogens with zero attached hydrogens (tertiary/aromatic N) is 1. The monoisotopic (exact) mass is 301 g/mol. The Bertz CT molecular complexity index is 617. The van der Waals surface area contributed by atoms with Crippen LogP contribution in [0.15, 0.2) is 30.5 Å². The molecule has 5 nitrogen and oxygen atoms in total. The first kappa shape index (κ1) is 15.1. The molecule has 1 fully saturated rings. The fraction of sp³-hybridized carbons (Fsp3) is 0.471. The van der Waals surface area contributed by atoms with Gasteiger partial charge in [0.2, 0.25) is 5.91 Å². The molecule has 2 N–H and O–H groups in total. The fourth-order valence-electron chi connectivity index (χ4n) is 2.85. The number of carbonyl (C=O) groups excluding carboxylic acids is 1. The van der Waals surface area contributed by atoms with Crippen molar-refractivity contribution in [3.05, 3.63) is 36.0 Å². The predicted octanol–water partition coefficient (Wildman–Crippen LogP) is 1.55. The van der Waals surface area contributed by atoms with Crippen LogP contribution in [0.2, 0.25) is 0 Å². The molecule has 1 aromatic carbocycles. The second-order valence-electron chi connectivity index (χ2n) is 5.60. The Kier molecular flexibility index (Phi) is 5.08. The third kappa shape index (κ3) is 3.67. The predicted molar refractivity (Wildman–Crippen MR) is 86.9 cm³/mol. The number of fused-ring (bicyclic) bond motifs is 1. The summed E-state index contributed by atoms with van der Waals surface area (Å²) in [7, 11) is 0. The molecule has 0 saturated carbocycles. The van der Waals surface area contributed by atoms with Gasteiger partial charge >= 0.3 is 0 Å². The Balaban J connectivity index is 1.37. The lowest BCUT2D eigenvalue weighted by molar-refractivity contribution is -0.135. The zero-order valence-corrected chi connectivity index (χ0v) is 12.8. The summed E-state index contributed by atoms with van der Waals surface area (Å²) in [4.78, 5) is 17.2. The first-order valence-corrected chi connectivity index (χ1v) is 7.96. The summed E-state index contributed by atoms with van der Waals surface area (Å²) in [6, 6.07) is 8.34. The molecule has 0 spiro atoms. The number of nitrogens with one attached hydrogen (secondary N) is 2. The van der Waals surface area contributed by atoms with Gasteiger partial charge in [-0.2, -0.15) is 0 Å². The highest BCUT2D eigenvalue weighted by molar-refractivity contribution is 5.83. The van der Waals surface area contributed by atoms with E-state index in [4.69, 9.17) is 4.74 Å². The van der Waals surface area contributed by atoms with E-state index in [0.717, 1.165) is 32.6 Å². The number of hydrogen-bond acceptors (Lipinski definition) is 3. The molecule has 1 aliphatic heterocycles. The Morgan fingerprint density at radius 1 is 1.23 bits per heavy atom. The van der Waals surface area contributed by atoms with Crippen molar-refractivity contribution in [2.45, 2.75) is 12.8 Å². The minimum Gasteiger partial charge on any atom is -0.378 e. The smallest absolute Gasteiger partial charge is 0.224 e. The topological polar surface area (TPSA) is 57.4 Å². The standard InChI is InChI=1S/C17H23N3O2/c21-17(20-9-11-22-12-10-20)6-8-18-7-5-14-13-19-16-4-2-1-3-15(14)16/h1-4,13,18-19H,5-12H2. The Morgan fingerprint density at radius 3 is 2.91 bits per heavy atom. The van der Waals surface area contributed by atoms with Crippen LogP contribution in [-0.4, -0.2) is 55.2 Å². The third-order valence-corrected chi connectivity index (χ3v) is 4.13. The van der Waals surface area contributed by atoms with Gasteiger partial charge < -0.3 is 19.9 Å². The van der Waals surface area contributed by atoms with E-state index in [2.05, 4.69) is 34.7 Å². The van der Waals surface area contributed by atoms with Crippen molar-refractivity contribution < 1.29 is 9.53 Å². The minimum atomic E-state index is 0.225. The number of morpholine rings is 1. The molecule has 1 aromatic heterocycles. The molecule has 0 unspecified atom stereocenters. The number of para-hydroxylation sites is 1. The molecule has 118 valence electrons. The highest BCUT2D eigenvalue weighted by atomic mass is 16.5. The zero-order chi connectivity index (χ0) is 15.2. The minimum absolute atomic E-state index is 0.225. The van der Waals surface area contributed by atoms with Crippen molar-refractivity contribution in [3.63, 3.8) is 0 Å². The van der Waals surface area contributed by atoms with Gasteiger partial charge in [0.1, 0.15) is 0 Å². The summed E-state index contributed by atoms with van der Waals surface area (Å²) < 4.78 is 5.26. The number of aromatic amines is 1. The van der Waals surface area contributed by atoms with Gasteiger partial charge in [0, 0.05) is 43.2 Å². The van der Waals surface area contributed by atoms with Crippen LogP contribution in [0.1, 0.15) is 12.0 Å². The molecule has 0 radical (unpaired) electrons. The SMILES string of the molecule is O=C(CCNCCc1c[nH]c2ccccc12)N1CCOCC1. The van der Waals surface area contributed by atoms with E-state index >= 15 is 0 Å². The van der Waals surface area contributed by atoms with Crippen LogP contribution in [0, 0.1) is 0 Å². The molecule has 3 rings (SSSR count). The molecular formula is C17H23N3O2. The average Bonchev–Trinajstić information content (AvgIpc) is 2.98. The van der Waals surface area contributed by atoms with Gasteiger partial charge in [-0.3, -0.25) is 4.79 Å². The molecule has 0 aliphatic carbocycles. The molecule has 0 bridgehead atoms. The normalized spacial score (nSPS) is 15.4. The van der Waals surface area contributed by atoms with Crippen molar-refractivity contribution in [1.29, 1.82) is 0 Å². The second kappa shape index (κ2) is 7.42. The van der Waals surface area contributed by atoms with Gasteiger partial charge in [-0.25, -0.2) is 0 Å². The van der Waals surface area contributed by atoms with Crippen LogP contribution < -0.4 is 5.32 Å². The van der Waals surface area contributed by atoms with Gasteiger partial charge in [0.25, 0.3) is 0 Å². The highest BCUT2D eigenvalue weighted by Crippen LogP contribution is 2.17. The van der Waals surface area contributed by atoms with Crippen molar-refractivity contribution in [2.24, 2.45) is 0 Å². The maximum atomic E-state index is 12.0. The Labute approximate surface area is 130 Å². The van der Waals surface area contributed by atoms with Gasteiger partial charge in [0.05, 0.1) is 13.2 Å². The Morgan fingerprint density at radius 2 is 2.05 bits per heavy atom. The average molecular weight is 301 g/mol. The van der Waals surface area contributed by atoms with Crippen LogP contribution >= 0.6 is 0 Å². The summed E-state index contributed by atoms with van der Waals surface area (Å²) in [6.07, 6.45) is 3.61. The molecule has 2 aromatic rings. The number of H-pyrrole nitrogens is 1. The summed E-state index contributed by atoms with van der Waals surface area (Å²) in [5.74, 6) is 0.225. The first-order valence-electron chi connectivity index (χ1n) is 7.96. The Hall–Kier alpha value is -1.85. The van der Waals surface area contributed by atoms with Crippen molar-refractivity contribution in [1.82, 2.24) is 15.2 Å². The van der Waals surface area contributed by atoms with Crippen LogP contribution in [0.25, 0.3) is 10.9 Å². The fourth-order valence-corrected chi connectivity index (χ4v) is 2.85. The second-order valence-corrected chi connectivity index (χ2v) is 5.60. The third-order valence-electron chi connectivity index (χ3n) is 4.13. The molecule has 0 atom stereocenters. The number of benzene rings is 1. The summed E-state index contributed by atoms with van der Waals surface area (Å²) in [5.41, 5.74) is 2.50. The van der Waals surface area contributed by atoms with Crippen LogP contribution in [0.4, 0.5) is 0 Å². The maximum absolute atomic E-state index is 12.0. The van der Waals surface area contributed by atoms with Crippen LogP contribution in [-0.2, 0) is 16.0 Å². The lowest BCUT2D eigenvalue weighted by Crippen LogP contribution is -2.41. The van der Waals surface area contributed by atoms with E-state index in [9.17, 15) is 4.79 Å². The van der Waals surface area contributed by atoms with Crippen molar-refractivity contribution >= 4 is 16.8 Å². The summed E-state index contributed by atoms with van der Waals surface area (Å²) in [6.45, 7) is 4.42. The highest BCUT2D eigenvalue weighted by Gasteiger charge is 2.15. The molecular weight excluding hydrogens is 278 g/mol. The molecule has 2 heterocycles. The van der Waals surface area contributed by atoms with Crippen LogP contribution in [0.3, 0.4) is 0 Å². The number of carbonyl (C=O) groups is 1. The zero-order valence-electron chi connectivity index (χ0n) is 12.8. The number of aromatic nitrogens is 1. The molecule has 1 saturated heterocycles. The number of rotatable bonds is 6. The number of hydrogen-bond donors (Lipinski definition) is 2. The van der Waals surface area contributed by atoms with E-state index < -0.39 is 0 Å². The molecule has 1 aliphatic rings. The summed E-state index contributed by atoms with van der Waals surface area (Å²) in [5, 5.41) is 4.65. The van der Waals surface area contributed by atoms with E-state index in [0.29, 0.717) is 19.6 Å². The van der Waals surface area contributed by atoms with E-state index in [1.165, 1.54) is 16.5 Å². The van der Waals surface area contributed by atoms with Gasteiger partial charge in [-0.15, -0.1) is 0 Å². The quantitative estimate of drug-likeness (QED) is 0.796. The molecule has 5 heteroatoms. The molecule has 1 amide bonds. The van der Waals surface area contributed by atoms with E-state index in [1.807, 2.05) is 11.0 Å². The largest absolute Gasteiger partial charge is 0.378 e. The van der Waals surface area contributed by atoms with Gasteiger partial charge in [0.15, 0.2) is 0 Å².